The van der Waals surface area contributed by atoms with Gasteiger partial charge in [-0.2, -0.15) is 5.06 Å². The smallest absolute Gasteiger partial charge is 0.327 e. The second-order valence-corrected chi connectivity index (χ2v) is 15.4. The zero-order valence-corrected chi connectivity index (χ0v) is 29.7. The van der Waals surface area contributed by atoms with Crippen molar-refractivity contribution in [3.8, 4) is 0 Å². The number of aliphatic hydroxyl groups is 5. The van der Waals surface area contributed by atoms with Crippen LogP contribution in [0.15, 0.2) is 30.3 Å². The molecule has 0 spiro atoms. The normalized spacial score (nSPS) is 38.3. The number of rotatable bonds is 15. The Morgan fingerprint density at radius 3 is 2.46 bits per heavy atom. The molecule has 2 bridgehead atoms. The first-order chi connectivity index (χ1) is 26.1. The lowest BCUT2D eigenvalue weighted by atomic mass is 9.62. The molecule has 0 aromatic heterocycles. The Morgan fingerprint density at radius 2 is 1.74 bits per heavy atom. The predicted molar refractivity (Wildman–Crippen MR) is 182 cm³/mol. The van der Waals surface area contributed by atoms with Crippen LogP contribution >= 0.6 is 0 Å². The molecule has 7 fully saturated rings. The quantitative estimate of drug-likeness (QED) is 0.0981. The number of hydroxylamine groups is 2. The number of fused-ring (bicyclic) bond motifs is 4. The number of aliphatic hydroxyl groups excluding tert-OH is 5. The van der Waals surface area contributed by atoms with Crippen molar-refractivity contribution in [1.82, 2.24) is 15.7 Å². The van der Waals surface area contributed by atoms with Crippen molar-refractivity contribution in [2.24, 2.45) is 17.3 Å². The van der Waals surface area contributed by atoms with Gasteiger partial charge in [-0.05, 0) is 36.8 Å². The van der Waals surface area contributed by atoms with E-state index in [0.717, 1.165) is 36.8 Å². The van der Waals surface area contributed by atoms with Gasteiger partial charge in [0.05, 0.1) is 26.4 Å². The summed E-state index contributed by atoms with van der Waals surface area (Å²) in [4.78, 5) is 47.3. The van der Waals surface area contributed by atoms with E-state index in [-0.39, 0.29) is 63.4 Å². The Bertz CT molecular complexity index is 1590. The van der Waals surface area contributed by atoms with E-state index in [9.17, 15) is 34.8 Å². The first kappa shape index (κ1) is 37.8. The van der Waals surface area contributed by atoms with Crippen molar-refractivity contribution in [2.45, 2.75) is 112 Å². The molecule has 11 unspecified atom stereocenters. The zero-order chi connectivity index (χ0) is 37.8. The maximum absolute atomic E-state index is 14.4. The summed E-state index contributed by atoms with van der Waals surface area (Å²) in [6.07, 6.45) is -2.18. The van der Waals surface area contributed by atoms with Crippen LogP contribution in [-0.4, -0.2) is 148 Å². The molecular formula is C37H49N3O14. The number of hydrogen-bond acceptors (Lipinski definition) is 15. The van der Waals surface area contributed by atoms with Crippen LogP contribution in [-0.2, 0) is 49.5 Å². The van der Waals surface area contributed by atoms with Gasteiger partial charge in [-0.1, -0.05) is 36.4 Å². The van der Waals surface area contributed by atoms with E-state index in [2.05, 4.69) is 10.6 Å². The van der Waals surface area contributed by atoms with Crippen molar-refractivity contribution < 1.29 is 68.4 Å². The van der Waals surface area contributed by atoms with Gasteiger partial charge in [0, 0.05) is 37.8 Å². The number of carbonyl (C=O) groups excluding carboxylic acids is 3. The summed E-state index contributed by atoms with van der Waals surface area (Å²) < 4.78 is 30.7. The SMILES string of the molecule is O=C(CCNC(=O)C12CC3OC(=O)C1N(Cc1cccc(C=CCOC4OC(CO)C(O)C(O)C4O)c1)OC2C1OC(C2CC2)(C2CC2)OC31)NCCO. The van der Waals surface area contributed by atoms with Crippen LogP contribution in [0.1, 0.15) is 49.7 Å². The molecule has 4 heterocycles. The Balaban J connectivity index is 0.996. The molecule has 4 saturated heterocycles. The second-order valence-electron chi connectivity index (χ2n) is 15.4. The van der Waals surface area contributed by atoms with Gasteiger partial charge in [0.1, 0.15) is 54.2 Å². The van der Waals surface area contributed by atoms with Crippen molar-refractivity contribution in [3.05, 3.63) is 41.5 Å². The minimum Gasteiger partial charge on any atom is -0.458 e. The van der Waals surface area contributed by atoms with Crippen LogP contribution in [0.25, 0.3) is 6.08 Å². The lowest BCUT2D eigenvalue weighted by Gasteiger charge is -2.48. The number of hydrogen-bond donors (Lipinski definition) is 7. The molecule has 0 radical (unpaired) electrons. The number of ether oxygens (including phenoxy) is 5. The second kappa shape index (κ2) is 15.1. The minimum atomic E-state index is -1.54. The molecule has 8 rings (SSSR count). The molecule has 7 N–H and O–H groups in total. The highest BCUT2D eigenvalue weighted by Gasteiger charge is 2.78. The third kappa shape index (κ3) is 6.76. The Kier molecular flexibility index (Phi) is 10.6. The topological polar surface area (TPSA) is 235 Å². The van der Waals surface area contributed by atoms with E-state index in [1.165, 1.54) is 5.06 Å². The standard InChI is InChI=1S/C37H49N3O14/c41-13-12-38-25(43)10-11-39-35(48)36-16-23-29-30(53-37(52-29,21-6-7-21)22-8-9-22)32(36)54-40(31(36)33(47)50-23)17-20-4-1-3-19(15-20)5-2-14-49-34-28(46)27(45)26(44)24(18-42)51-34/h1-5,15,21-24,26-32,34,41-42,44-46H,6-14,16-18H2,(H,38,43)(H,39,48). The van der Waals surface area contributed by atoms with Crippen LogP contribution in [0.2, 0.25) is 0 Å². The summed E-state index contributed by atoms with van der Waals surface area (Å²) >= 11 is 0. The van der Waals surface area contributed by atoms with Gasteiger partial charge < -0.3 is 59.9 Å². The van der Waals surface area contributed by atoms with E-state index in [4.69, 9.17) is 33.6 Å². The molecule has 11 atom stereocenters. The van der Waals surface area contributed by atoms with Crippen molar-refractivity contribution in [2.75, 3.05) is 32.9 Å². The lowest BCUT2D eigenvalue weighted by Crippen LogP contribution is -2.69. The van der Waals surface area contributed by atoms with Crippen LogP contribution in [0, 0.1) is 17.3 Å². The molecule has 17 nitrogen and oxygen atoms in total. The molecule has 4 aliphatic heterocycles. The fourth-order valence-corrected chi connectivity index (χ4v) is 8.92. The fraction of sp³-hybridized carbons (Fsp3) is 0.703. The third-order valence-electron chi connectivity index (χ3n) is 11.8. The first-order valence-electron chi connectivity index (χ1n) is 18.9. The Hall–Kier alpha value is -3.07. The summed E-state index contributed by atoms with van der Waals surface area (Å²) in [5.74, 6) is -1.66. The fourth-order valence-electron chi connectivity index (χ4n) is 8.92. The molecule has 7 aliphatic rings. The predicted octanol–water partition coefficient (Wildman–Crippen LogP) is -1.77. The van der Waals surface area contributed by atoms with Gasteiger partial charge in [-0.15, -0.1) is 0 Å². The molecule has 3 aliphatic carbocycles. The Labute approximate surface area is 311 Å². The summed E-state index contributed by atoms with van der Waals surface area (Å²) in [5, 5.41) is 55.7. The van der Waals surface area contributed by atoms with E-state index >= 15 is 0 Å². The van der Waals surface area contributed by atoms with Crippen LogP contribution < -0.4 is 10.6 Å². The highest BCUT2D eigenvalue weighted by molar-refractivity contribution is 5.94. The van der Waals surface area contributed by atoms with E-state index in [1.54, 1.807) is 12.2 Å². The van der Waals surface area contributed by atoms with Gasteiger partial charge in [0.2, 0.25) is 11.8 Å². The molecule has 17 heteroatoms. The van der Waals surface area contributed by atoms with Crippen LogP contribution in [0.4, 0.5) is 0 Å². The summed E-state index contributed by atoms with van der Waals surface area (Å²) in [6.45, 7) is -0.535. The highest BCUT2D eigenvalue weighted by Crippen LogP contribution is 2.63. The van der Waals surface area contributed by atoms with Gasteiger partial charge in [0.15, 0.2) is 18.1 Å². The van der Waals surface area contributed by atoms with E-state index in [1.807, 2.05) is 24.3 Å². The number of nitrogens with zero attached hydrogens (tertiary/aromatic N) is 1. The summed E-state index contributed by atoms with van der Waals surface area (Å²) in [5.41, 5.74) is 0.155. The van der Waals surface area contributed by atoms with Gasteiger partial charge in [0.25, 0.3) is 0 Å². The monoisotopic (exact) mass is 759 g/mol. The van der Waals surface area contributed by atoms with Gasteiger partial charge >= 0.3 is 5.97 Å². The summed E-state index contributed by atoms with van der Waals surface area (Å²) in [6, 6.07) is 6.33. The van der Waals surface area contributed by atoms with E-state index in [0.29, 0.717) is 0 Å². The number of amides is 2. The average Bonchev–Trinajstić information content (AvgIpc) is 4.11. The summed E-state index contributed by atoms with van der Waals surface area (Å²) in [7, 11) is 0. The van der Waals surface area contributed by atoms with Crippen LogP contribution in [0.5, 0.6) is 0 Å². The minimum absolute atomic E-state index is 0.0123. The number of nitrogens with one attached hydrogen (secondary N) is 2. The molecule has 2 amide bonds. The maximum Gasteiger partial charge on any atom is 0.327 e. The molecule has 54 heavy (non-hydrogen) atoms. The molecule has 3 saturated carbocycles. The molecule has 1 aromatic carbocycles. The van der Waals surface area contributed by atoms with Crippen molar-refractivity contribution in [3.63, 3.8) is 0 Å². The maximum atomic E-state index is 14.4. The number of esters is 1. The van der Waals surface area contributed by atoms with Gasteiger partial charge in [-0.3, -0.25) is 19.2 Å². The molecule has 1 aromatic rings. The number of benzene rings is 1. The third-order valence-corrected chi connectivity index (χ3v) is 11.8. The molecular weight excluding hydrogens is 710 g/mol. The lowest BCUT2D eigenvalue weighted by molar-refractivity contribution is -0.298. The first-order valence-corrected chi connectivity index (χ1v) is 18.9. The highest BCUT2D eigenvalue weighted by atomic mass is 16.8. The van der Waals surface area contributed by atoms with Crippen LogP contribution in [0.3, 0.4) is 0 Å². The largest absolute Gasteiger partial charge is 0.458 e. The number of carbonyl (C=O) groups is 3. The van der Waals surface area contributed by atoms with Crippen molar-refractivity contribution >= 4 is 23.9 Å². The average molecular weight is 760 g/mol. The Morgan fingerprint density at radius 1 is 0.981 bits per heavy atom. The van der Waals surface area contributed by atoms with Crippen molar-refractivity contribution in [1.29, 1.82) is 0 Å². The van der Waals surface area contributed by atoms with Gasteiger partial charge in [-0.25, -0.2) is 0 Å². The molecule has 296 valence electrons. The zero-order valence-electron chi connectivity index (χ0n) is 29.7. The van der Waals surface area contributed by atoms with E-state index < -0.39 is 90.8 Å².